The number of anilines is 1. The first-order valence-corrected chi connectivity index (χ1v) is 16.5. The van der Waals surface area contributed by atoms with E-state index in [1.54, 1.807) is 24.1 Å². The lowest BCUT2D eigenvalue weighted by Gasteiger charge is -2.27. The summed E-state index contributed by atoms with van der Waals surface area (Å²) in [6.07, 6.45) is 0. The quantitative estimate of drug-likeness (QED) is 0.169. The van der Waals surface area contributed by atoms with Gasteiger partial charge >= 0.3 is 0 Å². The topological polar surface area (TPSA) is 91.4 Å². The summed E-state index contributed by atoms with van der Waals surface area (Å²) in [5, 5.41) is 8.22. The number of thiazole rings is 1. The molecule has 1 atom stereocenters. The van der Waals surface area contributed by atoms with Crippen molar-refractivity contribution in [3.8, 4) is 22.4 Å². The SMILES string of the molecule is CC(C)N(C)C(=O)[C@@H](NC(=O)c1ccc(-c2csc(NC(=O)c3ccccc3-c3ccc(C(C)(C)C)cc3)n2)cc1)c1ccccc1. The van der Waals surface area contributed by atoms with E-state index in [4.69, 9.17) is 0 Å². The van der Waals surface area contributed by atoms with Crippen molar-refractivity contribution in [3.05, 3.63) is 131 Å². The van der Waals surface area contributed by atoms with E-state index in [9.17, 15) is 14.4 Å². The normalized spacial score (nSPS) is 12.0. The van der Waals surface area contributed by atoms with Gasteiger partial charge in [-0.25, -0.2) is 4.98 Å². The summed E-state index contributed by atoms with van der Waals surface area (Å²) in [5.41, 5.74) is 6.28. The van der Waals surface area contributed by atoms with Crippen molar-refractivity contribution in [2.75, 3.05) is 12.4 Å². The van der Waals surface area contributed by atoms with Crippen molar-refractivity contribution < 1.29 is 14.4 Å². The monoisotopic (exact) mass is 644 g/mol. The van der Waals surface area contributed by atoms with Gasteiger partial charge in [0.15, 0.2) is 5.13 Å². The van der Waals surface area contributed by atoms with Gasteiger partial charge in [0.25, 0.3) is 11.8 Å². The van der Waals surface area contributed by atoms with E-state index in [0.717, 1.165) is 16.7 Å². The zero-order chi connectivity index (χ0) is 33.7. The summed E-state index contributed by atoms with van der Waals surface area (Å²) in [5.74, 6) is -0.776. The maximum atomic E-state index is 13.4. The maximum absolute atomic E-state index is 13.4. The average molecular weight is 645 g/mol. The Bertz CT molecular complexity index is 1860. The molecule has 0 spiro atoms. The number of nitrogens with one attached hydrogen (secondary N) is 2. The van der Waals surface area contributed by atoms with E-state index >= 15 is 0 Å². The van der Waals surface area contributed by atoms with Crippen LogP contribution in [0.5, 0.6) is 0 Å². The van der Waals surface area contributed by atoms with Gasteiger partial charge in [-0.05, 0) is 59.7 Å². The lowest BCUT2D eigenvalue weighted by atomic mass is 9.86. The van der Waals surface area contributed by atoms with Crippen LogP contribution in [0.25, 0.3) is 22.4 Å². The van der Waals surface area contributed by atoms with Gasteiger partial charge in [0.2, 0.25) is 5.91 Å². The third kappa shape index (κ3) is 7.84. The highest BCUT2D eigenvalue weighted by Gasteiger charge is 2.27. The number of hydrogen-bond donors (Lipinski definition) is 2. The van der Waals surface area contributed by atoms with Crippen LogP contribution < -0.4 is 10.6 Å². The predicted octanol–water partition coefficient (Wildman–Crippen LogP) is 8.36. The van der Waals surface area contributed by atoms with Crippen molar-refractivity contribution in [1.29, 1.82) is 0 Å². The molecule has 0 saturated carbocycles. The van der Waals surface area contributed by atoms with Crippen LogP contribution in [0.3, 0.4) is 0 Å². The molecule has 5 aromatic rings. The second-order valence-electron chi connectivity index (χ2n) is 12.8. The van der Waals surface area contributed by atoms with E-state index in [1.165, 1.54) is 16.9 Å². The molecule has 8 heteroatoms. The van der Waals surface area contributed by atoms with Crippen molar-refractivity contribution >= 4 is 34.2 Å². The Morgan fingerprint density at radius 1 is 0.766 bits per heavy atom. The van der Waals surface area contributed by atoms with Crippen LogP contribution in [0.4, 0.5) is 5.13 Å². The molecule has 1 heterocycles. The number of nitrogens with zero attached hydrogens (tertiary/aromatic N) is 2. The average Bonchev–Trinajstić information content (AvgIpc) is 3.55. The van der Waals surface area contributed by atoms with Gasteiger partial charge in [0, 0.05) is 35.2 Å². The lowest BCUT2D eigenvalue weighted by Crippen LogP contribution is -2.43. The minimum Gasteiger partial charge on any atom is -0.341 e. The maximum Gasteiger partial charge on any atom is 0.258 e. The summed E-state index contributed by atoms with van der Waals surface area (Å²) in [6.45, 7) is 10.4. The first kappa shape index (κ1) is 33.3. The highest BCUT2D eigenvalue weighted by molar-refractivity contribution is 7.14. The fourth-order valence-electron chi connectivity index (χ4n) is 5.11. The molecule has 1 aromatic heterocycles. The molecule has 2 N–H and O–H groups in total. The zero-order valence-electron chi connectivity index (χ0n) is 27.6. The highest BCUT2D eigenvalue weighted by Crippen LogP contribution is 2.30. The summed E-state index contributed by atoms with van der Waals surface area (Å²) in [7, 11) is 1.73. The Hall–Kier alpha value is -5.08. The number of amides is 3. The molecule has 0 bridgehead atoms. The second kappa shape index (κ2) is 14.1. The van der Waals surface area contributed by atoms with Crippen molar-refractivity contribution in [2.24, 2.45) is 0 Å². The van der Waals surface area contributed by atoms with Gasteiger partial charge in [-0.2, -0.15) is 0 Å². The van der Waals surface area contributed by atoms with Crippen molar-refractivity contribution in [2.45, 2.75) is 52.1 Å². The van der Waals surface area contributed by atoms with E-state index in [2.05, 4.69) is 60.7 Å². The molecule has 0 radical (unpaired) electrons. The smallest absolute Gasteiger partial charge is 0.258 e. The highest BCUT2D eigenvalue weighted by atomic mass is 32.1. The predicted molar refractivity (Wildman–Crippen MR) is 191 cm³/mol. The van der Waals surface area contributed by atoms with Crippen LogP contribution in [0.2, 0.25) is 0 Å². The number of benzene rings is 4. The fraction of sp³-hybridized carbons (Fsp3) is 0.231. The lowest BCUT2D eigenvalue weighted by molar-refractivity contribution is -0.133. The molecule has 5 rings (SSSR count). The van der Waals surface area contributed by atoms with E-state index in [0.29, 0.717) is 27.5 Å². The number of carbonyl (C=O) groups is 3. The van der Waals surface area contributed by atoms with Gasteiger partial charge in [-0.1, -0.05) is 106 Å². The first-order chi connectivity index (χ1) is 22.4. The standard InChI is InChI=1S/C39H40N4O3S/c1-25(2)43(6)37(46)34(28-12-8-7-9-13-28)41-35(44)29-18-16-27(17-19-29)33-24-47-38(40-33)42-36(45)32-15-11-10-14-31(32)26-20-22-30(23-21-26)39(3,4)5/h7-25,34H,1-6H3,(H,41,44)(H,40,42,45)/t34-/m0/s1. The van der Waals surface area contributed by atoms with E-state index in [-0.39, 0.29) is 29.2 Å². The summed E-state index contributed by atoms with van der Waals surface area (Å²) in [4.78, 5) is 46.2. The molecule has 0 fully saturated rings. The van der Waals surface area contributed by atoms with Gasteiger partial charge in [-0.15, -0.1) is 11.3 Å². The molecular weight excluding hydrogens is 605 g/mol. The molecule has 47 heavy (non-hydrogen) atoms. The molecule has 0 aliphatic rings. The Morgan fingerprint density at radius 2 is 1.38 bits per heavy atom. The van der Waals surface area contributed by atoms with Crippen molar-refractivity contribution in [3.63, 3.8) is 0 Å². The minimum absolute atomic E-state index is 0.0155. The van der Waals surface area contributed by atoms with Crippen LogP contribution >= 0.6 is 11.3 Å². The number of likely N-dealkylation sites (N-methyl/N-ethyl adjacent to an activating group) is 1. The van der Waals surface area contributed by atoms with Crippen molar-refractivity contribution in [1.82, 2.24) is 15.2 Å². The second-order valence-corrected chi connectivity index (χ2v) is 13.7. The number of hydrogen-bond acceptors (Lipinski definition) is 5. The number of rotatable bonds is 9. The molecule has 240 valence electrons. The van der Waals surface area contributed by atoms with E-state index in [1.807, 2.05) is 86.0 Å². The Balaban J connectivity index is 1.28. The molecular formula is C39H40N4O3S. The van der Waals surface area contributed by atoms with Gasteiger partial charge in [0.1, 0.15) is 6.04 Å². The summed E-state index contributed by atoms with van der Waals surface area (Å²) in [6, 6.07) is 31.3. The van der Waals surface area contributed by atoms with Gasteiger partial charge in [-0.3, -0.25) is 19.7 Å². The summed E-state index contributed by atoms with van der Waals surface area (Å²) < 4.78 is 0. The fourth-order valence-corrected chi connectivity index (χ4v) is 5.82. The molecule has 0 saturated heterocycles. The van der Waals surface area contributed by atoms with Crippen LogP contribution in [-0.2, 0) is 10.2 Å². The van der Waals surface area contributed by atoms with Crippen LogP contribution in [0, 0.1) is 0 Å². The molecule has 0 aliphatic carbocycles. The van der Waals surface area contributed by atoms with Gasteiger partial charge in [0.05, 0.1) is 5.69 Å². The molecule has 3 amide bonds. The molecule has 7 nitrogen and oxygen atoms in total. The van der Waals surface area contributed by atoms with Crippen LogP contribution in [0.15, 0.2) is 109 Å². The molecule has 4 aromatic carbocycles. The van der Waals surface area contributed by atoms with E-state index < -0.39 is 6.04 Å². The Labute approximate surface area is 280 Å². The minimum atomic E-state index is -0.812. The zero-order valence-corrected chi connectivity index (χ0v) is 28.4. The first-order valence-electron chi connectivity index (χ1n) is 15.6. The largest absolute Gasteiger partial charge is 0.341 e. The molecule has 0 unspecified atom stereocenters. The number of carbonyl (C=O) groups excluding carboxylic acids is 3. The Morgan fingerprint density at radius 3 is 2.02 bits per heavy atom. The van der Waals surface area contributed by atoms with Crippen LogP contribution in [-0.4, -0.2) is 40.7 Å². The number of aromatic nitrogens is 1. The molecule has 0 aliphatic heterocycles. The third-order valence-electron chi connectivity index (χ3n) is 8.18. The third-order valence-corrected chi connectivity index (χ3v) is 8.94. The van der Waals surface area contributed by atoms with Gasteiger partial charge < -0.3 is 10.2 Å². The van der Waals surface area contributed by atoms with Crippen LogP contribution in [0.1, 0.15) is 72.5 Å². The Kier molecular flexibility index (Phi) is 10.0. The summed E-state index contributed by atoms with van der Waals surface area (Å²) >= 11 is 1.33.